The number of likely N-dealkylation sites (tertiary alicyclic amines) is 1. The summed E-state index contributed by atoms with van der Waals surface area (Å²) in [5.74, 6) is 0.481. The molecule has 10 nitrogen and oxygen atoms in total. The van der Waals surface area contributed by atoms with Crippen molar-refractivity contribution < 1.29 is 9.53 Å². The number of aryl methyl sites for hydroxylation is 1. The highest BCUT2D eigenvalue weighted by Crippen LogP contribution is 2.29. The second-order valence-corrected chi connectivity index (χ2v) is 11.3. The fourth-order valence-electron chi connectivity index (χ4n) is 6.34. The van der Waals surface area contributed by atoms with Crippen LogP contribution in [-0.4, -0.2) is 87.2 Å². The van der Waals surface area contributed by atoms with Crippen LogP contribution in [0.2, 0.25) is 0 Å². The second kappa shape index (κ2) is 11.8. The number of hydrogen-bond donors (Lipinski definition) is 0. The molecule has 10 heteroatoms. The molecule has 2 aliphatic heterocycles. The standard InChI is InChI=1S/C32H36N8O2/c1-4-28(41)39-17-16-38(20-25(39)13-14-33)31-30-34-19-27(18-24-11-6-10-23-9-5-8-22(2)29(23)24)40(30)36-32(35-31)42-21-26-12-7-15-37(26)3/h4-6,8-11,19,25-26H,1,7,12-13,15-18,20-21H2,2-3H3. The van der Waals surface area contributed by atoms with E-state index in [0.717, 1.165) is 25.1 Å². The van der Waals surface area contributed by atoms with Crippen LogP contribution in [0, 0.1) is 18.3 Å². The predicted octanol–water partition coefficient (Wildman–Crippen LogP) is 3.77. The quantitative estimate of drug-likeness (QED) is 0.298. The van der Waals surface area contributed by atoms with Gasteiger partial charge in [0.25, 0.3) is 0 Å². The van der Waals surface area contributed by atoms with Crippen LogP contribution in [0.1, 0.15) is 36.1 Å². The summed E-state index contributed by atoms with van der Waals surface area (Å²) in [6.07, 6.45) is 6.27. The molecule has 6 rings (SSSR count). The van der Waals surface area contributed by atoms with E-state index in [2.05, 4.69) is 72.8 Å². The van der Waals surface area contributed by atoms with Gasteiger partial charge in [-0.15, -0.1) is 5.10 Å². The van der Waals surface area contributed by atoms with E-state index in [0.29, 0.717) is 56.2 Å². The monoisotopic (exact) mass is 564 g/mol. The molecule has 216 valence electrons. The SMILES string of the molecule is C=CC(=O)N1CCN(c2nc(OCC3CCCN3C)nn3c(Cc4cccc5cccc(C)c45)cnc23)CC1CC#N. The topological polar surface area (TPSA) is 103 Å². The number of carbonyl (C=O) groups excluding carboxylic acids is 1. The summed E-state index contributed by atoms with van der Waals surface area (Å²) in [4.78, 5) is 28.3. The van der Waals surface area contributed by atoms with Crippen molar-refractivity contribution >= 4 is 28.1 Å². The minimum atomic E-state index is -0.283. The number of rotatable bonds is 8. The van der Waals surface area contributed by atoms with E-state index in [-0.39, 0.29) is 18.4 Å². The molecule has 2 unspecified atom stereocenters. The summed E-state index contributed by atoms with van der Waals surface area (Å²) in [5.41, 5.74) is 3.99. The Morgan fingerprint density at radius 2 is 2.02 bits per heavy atom. The zero-order valence-electron chi connectivity index (χ0n) is 24.2. The van der Waals surface area contributed by atoms with Crippen LogP contribution in [0.25, 0.3) is 16.4 Å². The first-order valence-corrected chi connectivity index (χ1v) is 14.6. The molecule has 1 amide bonds. The van der Waals surface area contributed by atoms with Gasteiger partial charge in [0.15, 0.2) is 11.5 Å². The van der Waals surface area contributed by atoms with Gasteiger partial charge in [0, 0.05) is 32.1 Å². The lowest BCUT2D eigenvalue weighted by Crippen LogP contribution is -2.55. The van der Waals surface area contributed by atoms with Crippen molar-refractivity contribution in [3.63, 3.8) is 0 Å². The van der Waals surface area contributed by atoms with Gasteiger partial charge in [0.2, 0.25) is 5.91 Å². The van der Waals surface area contributed by atoms with Crippen LogP contribution in [0.3, 0.4) is 0 Å². The minimum Gasteiger partial charge on any atom is -0.461 e. The molecule has 0 aliphatic carbocycles. The molecule has 2 aromatic heterocycles. The number of anilines is 1. The number of amides is 1. The highest BCUT2D eigenvalue weighted by molar-refractivity contribution is 5.89. The van der Waals surface area contributed by atoms with Gasteiger partial charge < -0.3 is 19.4 Å². The molecule has 0 N–H and O–H groups in total. The molecule has 42 heavy (non-hydrogen) atoms. The van der Waals surface area contributed by atoms with Gasteiger partial charge in [0.1, 0.15) is 6.61 Å². The Kier molecular flexibility index (Phi) is 7.76. The number of likely N-dealkylation sites (N-methyl/N-ethyl adjacent to an activating group) is 1. The Bertz CT molecular complexity index is 1670. The fraction of sp³-hybridized carbons (Fsp3) is 0.406. The van der Waals surface area contributed by atoms with Crippen molar-refractivity contribution in [2.24, 2.45) is 0 Å². The third-order valence-electron chi connectivity index (χ3n) is 8.61. The van der Waals surface area contributed by atoms with E-state index >= 15 is 0 Å². The van der Waals surface area contributed by atoms with Crippen LogP contribution >= 0.6 is 0 Å². The molecule has 0 bridgehead atoms. The van der Waals surface area contributed by atoms with Gasteiger partial charge in [0.05, 0.1) is 30.4 Å². The van der Waals surface area contributed by atoms with Gasteiger partial charge in [-0.2, -0.15) is 10.2 Å². The molecule has 0 spiro atoms. The van der Waals surface area contributed by atoms with Crippen molar-refractivity contribution in [2.45, 2.75) is 44.7 Å². The van der Waals surface area contributed by atoms with E-state index in [4.69, 9.17) is 19.8 Å². The Labute approximate surface area is 245 Å². The van der Waals surface area contributed by atoms with Gasteiger partial charge in [-0.05, 0) is 61.3 Å². The summed E-state index contributed by atoms with van der Waals surface area (Å²) in [5, 5.41) is 16.8. The number of nitriles is 1. The normalized spacial score (nSPS) is 19.4. The van der Waals surface area contributed by atoms with E-state index in [1.807, 2.05) is 10.7 Å². The molecule has 4 aromatic rings. The number of carbonyl (C=O) groups is 1. The number of imidazole rings is 1. The Morgan fingerprint density at radius 3 is 2.79 bits per heavy atom. The molecular formula is C32H36N8O2. The first-order valence-electron chi connectivity index (χ1n) is 14.6. The second-order valence-electron chi connectivity index (χ2n) is 11.3. The number of benzene rings is 2. The number of fused-ring (bicyclic) bond motifs is 2. The molecule has 2 atom stereocenters. The molecule has 4 heterocycles. The molecule has 0 radical (unpaired) electrons. The van der Waals surface area contributed by atoms with E-state index in [1.165, 1.54) is 28.0 Å². The van der Waals surface area contributed by atoms with Crippen LogP contribution in [0.4, 0.5) is 5.82 Å². The first kappa shape index (κ1) is 27.7. The summed E-state index contributed by atoms with van der Waals surface area (Å²) >= 11 is 0. The number of piperazine rings is 1. The Balaban J connectivity index is 1.38. The highest BCUT2D eigenvalue weighted by atomic mass is 16.5. The van der Waals surface area contributed by atoms with E-state index in [9.17, 15) is 10.1 Å². The number of ether oxygens (including phenoxy) is 1. The third-order valence-corrected chi connectivity index (χ3v) is 8.61. The van der Waals surface area contributed by atoms with Gasteiger partial charge in [-0.3, -0.25) is 4.79 Å². The lowest BCUT2D eigenvalue weighted by atomic mass is 9.97. The van der Waals surface area contributed by atoms with Crippen LogP contribution in [0.5, 0.6) is 6.01 Å². The van der Waals surface area contributed by atoms with Gasteiger partial charge in [-0.1, -0.05) is 43.0 Å². The largest absolute Gasteiger partial charge is 0.461 e. The van der Waals surface area contributed by atoms with Crippen molar-refractivity contribution in [3.05, 3.63) is 72.1 Å². The van der Waals surface area contributed by atoms with E-state index in [1.54, 1.807) is 4.90 Å². The lowest BCUT2D eigenvalue weighted by Gasteiger charge is -2.40. The van der Waals surface area contributed by atoms with Crippen molar-refractivity contribution in [1.82, 2.24) is 29.4 Å². The third kappa shape index (κ3) is 5.28. The fourth-order valence-corrected chi connectivity index (χ4v) is 6.34. The van der Waals surface area contributed by atoms with E-state index < -0.39 is 0 Å². The first-order chi connectivity index (χ1) is 20.5. The molecule has 0 saturated carbocycles. The average Bonchev–Trinajstić information content (AvgIpc) is 3.61. The Morgan fingerprint density at radius 1 is 1.19 bits per heavy atom. The van der Waals surface area contributed by atoms with Crippen LogP contribution in [-0.2, 0) is 11.2 Å². The van der Waals surface area contributed by atoms with Crippen molar-refractivity contribution in [3.8, 4) is 12.1 Å². The summed E-state index contributed by atoms with van der Waals surface area (Å²) in [6, 6.07) is 15.3. The molecule has 2 saturated heterocycles. The van der Waals surface area contributed by atoms with Crippen LogP contribution in [0.15, 0.2) is 55.3 Å². The van der Waals surface area contributed by atoms with Gasteiger partial charge in [-0.25, -0.2) is 9.50 Å². The van der Waals surface area contributed by atoms with Gasteiger partial charge >= 0.3 is 6.01 Å². The summed E-state index contributed by atoms with van der Waals surface area (Å²) < 4.78 is 8.10. The maximum absolute atomic E-state index is 12.5. The summed E-state index contributed by atoms with van der Waals surface area (Å²) in [7, 11) is 2.12. The summed E-state index contributed by atoms with van der Waals surface area (Å²) in [6.45, 7) is 8.80. The maximum atomic E-state index is 12.5. The number of aromatic nitrogens is 4. The smallest absolute Gasteiger partial charge is 0.336 e. The molecule has 2 fully saturated rings. The molecular weight excluding hydrogens is 528 g/mol. The predicted molar refractivity (Wildman–Crippen MR) is 162 cm³/mol. The van der Waals surface area contributed by atoms with Crippen LogP contribution < -0.4 is 9.64 Å². The molecule has 2 aromatic carbocycles. The Hall–Kier alpha value is -4.49. The highest BCUT2D eigenvalue weighted by Gasteiger charge is 2.32. The molecule has 2 aliphatic rings. The number of hydrogen-bond acceptors (Lipinski definition) is 8. The average molecular weight is 565 g/mol. The van der Waals surface area contributed by atoms with Crippen molar-refractivity contribution in [2.75, 3.05) is 44.7 Å². The lowest BCUT2D eigenvalue weighted by molar-refractivity contribution is -0.128. The zero-order chi connectivity index (χ0) is 29.2. The maximum Gasteiger partial charge on any atom is 0.336 e. The zero-order valence-corrected chi connectivity index (χ0v) is 24.2. The number of nitrogens with zero attached hydrogens (tertiary/aromatic N) is 8. The minimum absolute atomic E-state index is 0.166. The van der Waals surface area contributed by atoms with Crippen molar-refractivity contribution in [1.29, 1.82) is 5.26 Å².